The number of ether oxygens (including phenoxy) is 1. The summed E-state index contributed by atoms with van der Waals surface area (Å²) in [6, 6.07) is 15.7. The molecule has 0 aliphatic rings. The van der Waals surface area contributed by atoms with Gasteiger partial charge in [0.15, 0.2) is 0 Å². The molecule has 2 aromatic carbocycles. The Kier molecular flexibility index (Phi) is 5.80. The monoisotopic (exact) mass is 342 g/mol. The van der Waals surface area contributed by atoms with Crippen molar-refractivity contribution in [2.24, 2.45) is 0 Å². The number of alkyl halides is 2. The van der Waals surface area contributed by atoms with E-state index in [1.165, 1.54) is 0 Å². The molecule has 0 heterocycles. The zero-order chi connectivity index (χ0) is 15.3. The second kappa shape index (κ2) is 7.40. The molecule has 0 saturated heterocycles. The summed E-state index contributed by atoms with van der Waals surface area (Å²) in [5.74, 6) is 1.68. The highest BCUT2D eigenvalue weighted by atomic mass is 35.5. The molecule has 0 aromatic heterocycles. The van der Waals surface area contributed by atoms with Gasteiger partial charge in [-0.25, -0.2) is 0 Å². The zero-order valence-electron chi connectivity index (χ0n) is 11.8. The molecule has 0 radical (unpaired) electrons. The highest BCUT2D eigenvalue weighted by Gasteiger charge is 2.31. The average molecular weight is 344 g/mol. The average Bonchev–Trinajstić information content (AvgIpc) is 2.53. The van der Waals surface area contributed by atoms with Crippen LogP contribution in [0.2, 0.25) is 5.02 Å². The Morgan fingerprint density at radius 3 is 2.33 bits per heavy atom. The Morgan fingerprint density at radius 1 is 1.00 bits per heavy atom. The van der Waals surface area contributed by atoms with E-state index in [0.717, 1.165) is 23.3 Å². The SMILES string of the molecule is COc1cccc(CC(CCl)(CCl)c2cccc(Cl)c2)c1. The van der Waals surface area contributed by atoms with Crippen LogP contribution in [-0.4, -0.2) is 18.9 Å². The van der Waals surface area contributed by atoms with Gasteiger partial charge in [-0.1, -0.05) is 35.9 Å². The molecule has 0 saturated carbocycles. The van der Waals surface area contributed by atoms with Crippen LogP contribution in [0.1, 0.15) is 11.1 Å². The number of methoxy groups -OCH3 is 1. The van der Waals surface area contributed by atoms with Gasteiger partial charge in [-0.3, -0.25) is 0 Å². The van der Waals surface area contributed by atoms with Crippen LogP contribution in [0.3, 0.4) is 0 Å². The summed E-state index contributed by atoms with van der Waals surface area (Å²) in [4.78, 5) is 0. The van der Waals surface area contributed by atoms with E-state index in [0.29, 0.717) is 16.8 Å². The molecule has 21 heavy (non-hydrogen) atoms. The van der Waals surface area contributed by atoms with Gasteiger partial charge in [0.25, 0.3) is 0 Å². The van der Waals surface area contributed by atoms with Crippen molar-refractivity contribution in [3.05, 3.63) is 64.7 Å². The topological polar surface area (TPSA) is 9.23 Å². The molecular formula is C17H17Cl3O. The molecule has 0 aliphatic carbocycles. The highest BCUT2D eigenvalue weighted by Crippen LogP contribution is 2.33. The minimum atomic E-state index is -0.347. The third-order valence-electron chi connectivity index (χ3n) is 3.63. The molecule has 2 aromatic rings. The van der Waals surface area contributed by atoms with Crippen molar-refractivity contribution in [1.82, 2.24) is 0 Å². The first-order valence-corrected chi connectivity index (χ1v) is 8.09. The van der Waals surface area contributed by atoms with Gasteiger partial charge in [0.1, 0.15) is 5.75 Å². The van der Waals surface area contributed by atoms with E-state index >= 15 is 0 Å². The molecule has 0 bridgehead atoms. The lowest BCUT2D eigenvalue weighted by Crippen LogP contribution is -2.33. The first-order chi connectivity index (χ1) is 10.1. The lowest BCUT2D eigenvalue weighted by molar-refractivity contribution is 0.413. The summed E-state index contributed by atoms with van der Waals surface area (Å²) in [5, 5.41) is 0.692. The fourth-order valence-electron chi connectivity index (χ4n) is 2.38. The summed E-state index contributed by atoms with van der Waals surface area (Å²) >= 11 is 18.7. The van der Waals surface area contributed by atoms with Crippen molar-refractivity contribution in [3.63, 3.8) is 0 Å². The smallest absolute Gasteiger partial charge is 0.119 e. The van der Waals surface area contributed by atoms with Gasteiger partial charge in [-0.05, 0) is 41.8 Å². The number of hydrogen-bond donors (Lipinski definition) is 0. The van der Waals surface area contributed by atoms with Gasteiger partial charge in [0.05, 0.1) is 7.11 Å². The van der Waals surface area contributed by atoms with Crippen LogP contribution in [0.4, 0.5) is 0 Å². The van der Waals surface area contributed by atoms with Gasteiger partial charge >= 0.3 is 0 Å². The first kappa shape index (κ1) is 16.5. The van der Waals surface area contributed by atoms with Crippen LogP contribution in [-0.2, 0) is 11.8 Å². The number of rotatable bonds is 6. The van der Waals surface area contributed by atoms with Gasteiger partial charge in [0, 0.05) is 22.2 Å². The largest absolute Gasteiger partial charge is 0.497 e. The van der Waals surface area contributed by atoms with Crippen LogP contribution in [0, 0.1) is 0 Å². The zero-order valence-corrected chi connectivity index (χ0v) is 14.1. The van der Waals surface area contributed by atoms with Crippen LogP contribution < -0.4 is 4.74 Å². The fraction of sp³-hybridized carbons (Fsp3) is 0.294. The van der Waals surface area contributed by atoms with Gasteiger partial charge in [-0.15, -0.1) is 23.2 Å². The Labute approximate surface area is 140 Å². The maximum absolute atomic E-state index is 6.28. The molecule has 2 rings (SSSR count). The minimum absolute atomic E-state index is 0.347. The van der Waals surface area contributed by atoms with E-state index in [1.54, 1.807) is 7.11 Å². The van der Waals surface area contributed by atoms with Crippen molar-refractivity contribution in [3.8, 4) is 5.75 Å². The maximum atomic E-state index is 6.28. The van der Waals surface area contributed by atoms with Crippen molar-refractivity contribution in [1.29, 1.82) is 0 Å². The Morgan fingerprint density at radius 2 is 1.71 bits per heavy atom. The van der Waals surface area contributed by atoms with E-state index in [9.17, 15) is 0 Å². The normalized spacial score (nSPS) is 11.4. The first-order valence-electron chi connectivity index (χ1n) is 6.64. The van der Waals surface area contributed by atoms with E-state index < -0.39 is 0 Å². The molecule has 0 spiro atoms. The predicted molar refractivity (Wildman–Crippen MR) is 91.3 cm³/mol. The van der Waals surface area contributed by atoms with Gasteiger partial charge in [-0.2, -0.15) is 0 Å². The maximum Gasteiger partial charge on any atom is 0.119 e. The predicted octanol–water partition coefficient (Wildman–Crippen LogP) is 5.31. The molecule has 0 aliphatic heterocycles. The molecule has 0 N–H and O–H groups in total. The molecule has 1 nitrogen and oxygen atoms in total. The lowest BCUT2D eigenvalue weighted by atomic mass is 9.78. The van der Waals surface area contributed by atoms with Gasteiger partial charge in [0.2, 0.25) is 0 Å². The van der Waals surface area contributed by atoms with Crippen molar-refractivity contribution >= 4 is 34.8 Å². The quantitative estimate of drug-likeness (QED) is 0.646. The summed E-state index contributed by atoms with van der Waals surface area (Å²) in [5.41, 5.74) is 1.85. The van der Waals surface area contributed by atoms with E-state index in [-0.39, 0.29) is 5.41 Å². The number of halogens is 3. The summed E-state index contributed by atoms with van der Waals surface area (Å²) in [6.07, 6.45) is 0.734. The summed E-state index contributed by atoms with van der Waals surface area (Å²) in [6.45, 7) is 0. The second-order valence-corrected chi connectivity index (χ2v) is 6.06. The van der Waals surface area contributed by atoms with E-state index in [2.05, 4.69) is 6.07 Å². The molecule has 4 heteroatoms. The van der Waals surface area contributed by atoms with Crippen LogP contribution in [0.5, 0.6) is 5.75 Å². The summed E-state index contributed by atoms with van der Waals surface area (Å²) in [7, 11) is 1.66. The third-order valence-corrected chi connectivity index (χ3v) is 4.88. The molecule has 0 atom stereocenters. The molecular weight excluding hydrogens is 327 g/mol. The van der Waals surface area contributed by atoms with E-state index in [1.807, 2.05) is 42.5 Å². The van der Waals surface area contributed by atoms with Crippen molar-refractivity contribution in [2.75, 3.05) is 18.9 Å². The lowest BCUT2D eigenvalue weighted by Gasteiger charge is -2.30. The number of hydrogen-bond acceptors (Lipinski definition) is 1. The summed E-state index contributed by atoms with van der Waals surface area (Å²) < 4.78 is 5.27. The van der Waals surface area contributed by atoms with Crippen LogP contribution in [0.25, 0.3) is 0 Å². The number of benzene rings is 2. The van der Waals surface area contributed by atoms with Crippen LogP contribution in [0.15, 0.2) is 48.5 Å². The second-order valence-electron chi connectivity index (χ2n) is 5.09. The molecule has 112 valence electrons. The van der Waals surface area contributed by atoms with Crippen molar-refractivity contribution < 1.29 is 4.74 Å². The van der Waals surface area contributed by atoms with Crippen LogP contribution >= 0.6 is 34.8 Å². The molecule has 0 amide bonds. The Balaban J connectivity index is 2.38. The molecule has 0 unspecified atom stereocenters. The van der Waals surface area contributed by atoms with Crippen molar-refractivity contribution in [2.45, 2.75) is 11.8 Å². The Bertz CT molecular complexity index is 594. The van der Waals surface area contributed by atoms with E-state index in [4.69, 9.17) is 39.5 Å². The molecule has 0 fully saturated rings. The highest BCUT2D eigenvalue weighted by molar-refractivity contribution is 6.30. The minimum Gasteiger partial charge on any atom is -0.497 e. The Hall–Kier alpha value is -0.890. The fourth-order valence-corrected chi connectivity index (χ4v) is 3.35. The van der Waals surface area contributed by atoms with Gasteiger partial charge < -0.3 is 4.74 Å². The standard InChI is InChI=1S/C17H17Cl3O/c1-21-16-7-2-4-13(8-16)10-17(11-18,12-19)14-5-3-6-15(20)9-14/h2-9H,10-12H2,1H3. The third kappa shape index (κ3) is 3.85.